The molecule has 0 aromatic heterocycles. The molecular formula is C20H20Cl2N2O2. The van der Waals surface area contributed by atoms with Crippen LogP contribution in [0.3, 0.4) is 0 Å². The summed E-state index contributed by atoms with van der Waals surface area (Å²) < 4.78 is 5.64. The van der Waals surface area contributed by atoms with Crippen molar-refractivity contribution in [2.24, 2.45) is 0 Å². The van der Waals surface area contributed by atoms with Gasteiger partial charge in [-0.3, -0.25) is 4.79 Å². The number of ether oxygens (including phenoxy) is 1. The maximum absolute atomic E-state index is 12.8. The number of nitriles is 1. The highest BCUT2D eigenvalue weighted by molar-refractivity contribution is 6.31. The average Bonchev–Trinajstić information content (AvgIpc) is 2.63. The van der Waals surface area contributed by atoms with Crippen molar-refractivity contribution < 1.29 is 9.53 Å². The molecule has 2 atom stereocenters. The van der Waals surface area contributed by atoms with Crippen molar-refractivity contribution in [1.29, 1.82) is 5.26 Å². The molecule has 2 aromatic carbocycles. The van der Waals surface area contributed by atoms with Crippen molar-refractivity contribution in [3.8, 4) is 11.8 Å². The second kappa shape index (κ2) is 8.93. The van der Waals surface area contributed by atoms with E-state index in [0.717, 1.165) is 5.56 Å². The third-order valence-corrected chi connectivity index (χ3v) is 4.59. The molecule has 0 bridgehead atoms. The summed E-state index contributed by atoms with van der Waals surface area (Å²) in [5, 5.41) is 13.5. The van der Waals surface area contributed by atoms with Crippen LogP contribution in [0.15, 0.2) is 48.5 Å². The zero-order chi connectivity index (χ0) is 19.2. The van der Waals surface area contributed by atoms with Crippen LogP contribution < -0.4 is 10.1 Å². The molecular weight excluding hydrogens is 371 g/mol. The minimum absolute atomic E-state index is 0.00975. The number of hydrogen-bond acceptors (Lipinski definition) is 3. The van der Waals surface area contributed by atoms with E-state index < -0.39 is 11.5 Å². The largest absolute Gasteiger partial charge is 0.490 e. The van der Waals surface area contributed by atoms with Gasteiger partial charge in [-0.25, -0.2) is 0 Å². The van der Waals surface area contributed by atoms with Gasteiger partial charge < -0.3 is 10.1 Å². The normalized spacial score (nSPS) is 14.0. The molecule has 6 heteroatoms. The van der Waals surface area contributed by atoms with E-state index >= 15 is 0 Å². The SMILES string of the molecule is CCC(C(=O)NC(C)(C#N)COc1ccc(Cl)cc1)c1ccccc1Cl. The second-order valence-electron chi connectivity index (χ2n) is 6.16. The third-order valence-electron chi connectivity index (χ3n) is 3.99. The molecule has 0 aliphatic carbocycles. The number of amides is 1. The Balaban J connectivity index is 2.09. The van der Waals surface area contributed by atoms with Gasteiger partial charge in [0.2, 0.25) is 5.91 Å². The van der Waals surface area contributed by atoms with Gasteiger partial charge in [0, 0.05) is 10.0 Å². The first kappa shape index (κ1) is 20.1. The molecule has 2 unspecified atom stereocenters. The monoisotopic (exact) mass is 390 g/mol. The smallest absolute Gasteiger partial charge is 0.228 e. The molecule has 2 rings (SSSR count). The Morgan fingerprint density at radius 3 is 2.46 bits per heavy atom. The van der Waals surface area contributed by atoms with Crippen molar-refractivity contribution in [3.63, 3.8) is 0 Å². The number of rotatable bonds is 7. The summed E-state index contributed by atoms with van der Waals surface area (Å²) in [6.45, 7) is 3.54. The molecule has 136 valence electrons. The highest BCUT2D eigenvalue weighted by Gasteiger charge is 2.31. The number of halogens is 2. The van der Waals surface area contributed by atoms with Crippen LogP contribution in [0.4, 0.5) is 0 Å². The molecule has 0 spiro atoms. The van der Waals surface area contributed by atoms with Crippen LogP contribution in [-0.4, -0.2) is 18.1 Å². The van der Waals surface area contributed by atoms with Crippen LogP contribution >= 0.6 is 23.2 Å². The molecule has 2 aromatic rings. The molecule has 0 saturated carbocycles. The number of nitrogens with one attached hydrogen (secondary N) is 1. The zero-order valence-electron chi connectivity index (χ0n) is 14.6. The van der Waals surface area contributed by atoms with E-state index in [-0.39, 0.29) is 12.5 Å². The molecule has 0 heterocycles. The maximum atomic E-state index is 12.8. The lowest BCUT2D eigenvalue weighted by Crippen LogP contribution is -2.50. The van der Waals surface area contributed by atoms with E-state index in [2.05, 4.69) is 11.4 Å². The van der Waals surface area contributed by atoms with Crippen LogP contribution in [-0.2, 0) is 4.79 Å². The van der Waals surface area contributed by atoms with Gasteiger partial charge in [0.25, 0.3) is 0 Å². The zero-order valence-corrected chi connectivity index (χ0v) is 16.1. The van der Waals surface area contributed by atoms with Gasteiger partial charge in [-0.15, -0.1) is 0 Å². The standard InChI is InChI=1S/C20H20Cl2N2O2/c1-3-16(17-6-4-5-7-18(17)22)19(25)24-20(2,12-23)13-26-15-10-8-14(21)9-11-15/h4-11,16H,3,13H2,1-2H3,(H,24,25). The molecule has 1 N–H and O–H groups in total. The van der Waals surface area contributed by atoms with Gasteiger partial charge >= 0.3 is 0 Å². The lowest BCUT2D eigenvalue weighted by atomic mass is 9.94. The first-order valence-corrected chi connectivity index (χ1v) is 9.00. The molecule has 1 amide bonds. The minimum Gasteiger partial charge on any atom is -0.490 e. The Bertz CT molecular complexity index is 802. The summed E-state index contributed by atoms with van der Waals surface area (Å²) in [7, 11) is 0. The number of carbonyl (C=O) groups is 1. The van der Waals surface area contributed by atoms with Gasteiger partial charge in [0.1, 0.15) is 12.4 Å². The van der Waals surface area contributed by atoms with Crippen LogP contribution in [0, 0.1) is 11.3 Å². The van der Waals surface area contributed by atoms with Crippen LogP contribution in [0.2, 0.25) is 10.0 Å². The van der Waals surface area contributed by atoms with E-state index in [1.807, 2.05) is 25.1 Å². The predicted octanol–water partition coefficient (Wildman–Crippen LogP) is 4.96. The van der Waals surface area contributed by atoms with Gasteiger partial charge in [-0.2, -0.15) is 5.26 Å². The summed E-state index contributed by atoms with van der Waals surface area (Å²) in [5.41, 5.74) is -0.432. The van der Waals surface area contributed by atoms with Crippen LogP contribution in [0.1, 0.15) is 31.7 Å². The Morgan fingerprint density at radius 1 is 1.23 bits per heavy atom. The van der Waals surface area contributed by atoms with Crippen molar-refractivity contribution >= 4 is 29.1 Å². The summed E-state index contributed by atoms with van der Waals surface area (Å²) in [6.07, 6.45) is 0.565. The van der Waals surface area contributed by atoms with E-state index in [0.29, 0.717) is 22.2 Å². The fourth-order valence-corrected chi connectivity index (χ4v) is 2.91. The highest BCUT2D eigenvalue weighted by atomic mass is 35.5. The Labute approximate surface area is 163 Å². The van der Waals surface area contributed by atoms with Gasteiger partial charge in [-0.1, -0.05) is 48.3 Å². The lowest BCUT2D eigenvalue weighted by molar-refractivity contribution is -0.124. The fourth-order valence-electron chi connectivity index (χ4n) is 2.52. The molecule has 0 aliphatic rings. The number of nitrogens with zero attached hydrogens (tertiary/aromatic N) is 1. The number of carbonyl (C=O) groups excluding carboxylic acids is 1. The van der Waals surface area contributed by atoms with E-state index in [4.69, 9.17) is 27.9 Å². The Morgan fingerprint density at radius 2 is 1.88 bits per heavy atom. The van der Waals surface area contributed by atoms with Crippen molar-refractivity contribution in [2.75, 3.05) is 6.61 Å². The summed E-state index contributed by atoms with van der Waals surface area (Å²) >= 11 is 12.1. The quantitative estimate of drug-likeness (QED) is 0.725. The highest BCUT2D eigenvalue weighted by Crippen LogP contribution is 2.27. The first-order valence-electron chi connectivity index (χ1n) is 8.24. The van der Waals surface area contributed by atoms with Crippen LogP contribution in [0.5, 0.6) is 5.75 Å². The van der Waals surface area contributed by atoms with E-state index in [1.165, 1.54) is 0 Å². The predicted molar refractivity (Wildman–Crippen MR) is 104 cm³/mol. The van der Waals surface area contributed by atoms with Crippen LogP contribution in [0.25, 0.3) is 0 Å². The summed E-state index contributed by atoms with van der Waals surface area (Å²) in [4.78, 5) is 12.8. The van der Waals surface area contributed by atoms with E-state index in [9.17, 15) is 10.1 Å². The van der Waals surface area contributed by atoms with Crippen molar-refractivity contribution in [2.45, 2.75) is 31.7 Å². The summed E-state index contributed by atoms with van der Waals surface area (Å²) in [5.74, 6) is -0.125. The average molecular weight is 391 g/mol. The topological polar surface area (TPSA) is 62.1 Å². The molecule has 0 fully saturated rings. The molecule has 0 saturated heterocycles. The Kier molecular flexibility index (Phi) is 6.90. The van der Waals surface area contributed by atoms with Gasteiger partial charge in [0.05, 0.1) is 12.0 Å². The third kappa shape index (κ3) is 5.14. The molecule has 4 nitrogen and oxygen atoms in total. The maximum Gasteiger partial charge on any atom is 0.228 e. The fraction of sp³-hybridized carbons (Fsp3) is 0.300. The minimum atomic E-state index is -1.18. The molecule has 0 radical (unpaired) electrons. The van der Waals surface area contributed by atoms with Gasteiger partial charge in [-0.05, 0) is 49.2 Å². The molecule has 26 heavy (non-hydrogen) atoms. The van der Waals surface area contributed by atoms with Crippen molar-refractivity contribution in [1.82, 2.24) is 5.32 Å². The lowest BCUT2D eigenvalue weighted by Gasteiger charge is -2.26. The summed E-state index contributed by atoms with van der Waals surface area (Å²) in [6, 6.07) is 16.2. The number of benzene rings is 2. The molecule has 0 aliphatic heterocycles. The van der Waals surface area contributed by atoms with Gasteiger partial charge in [0.15, 0.2) is 5.54 Å². The first-order chi connectivity index (χ1) is 12.4. The number of hydrogen-bond donors (Lipinski definition) is 1. The van der Waals surface area contributed by atoms with E-state index in [1.54, 1.807) is 37.3 Å². The van der Waals surface area contributed by atoms with Crippen molar-refractivity contribution in [3.05, 3.63) is 64.1 Å². The Hall–Kier alpha value is -2.22. The second-order valence-corrected chi connectivity index (χ2v) is 7.00.